The molecule has 0 bridgehead atoms. The van der Waals surface area contributed by atoms with Crippen LogP contribution in [-0.4, -0.2) is 11.3 Å². The number of hydrogen-bond donors (Lipinski definition) is 0. The second-order valence-corrected chi connectivity index (χ2v) is 6.98. The quantitative estimate of drug-likeness (QED) is 0.210. The van der Waals surface area contributed by atoms with E-state index in [2.05, 4.69) is 15.9 Å². The molecule has 2 rings (SSSR count). The Balaban J connectivity index is 1.65. The predicted octanol–water partition coefficient (Wildman–Crippen LogP) is 5.60. The maximum absolute atomic E-state index is 11.9. The lowest BCUT2D eigenvalue weighted by atomic mass is 10.1. The number of carbonyl (C=O) groups is 1. The van der Waals surface area contributed by atoms with E-state index in [4.69, 9.17) is 9.15 Å². The summed E-state index contributed by atoms with van der Waals surface area (Å²) in [5.74, 6) is 0.175. The van der Waals surface area contributed by atoms with E-state index in [0.717, 1.165) is 18.2 Å². The van der Waals surface area contributed by atoms with Crippen LogP contribution in [-0.2, 0) is 4.79 Å². The van der Waals surface area contributed by atoms with Gasteiger partial charge in [-0.3, -0.25) is 9.59 Å². The molecular weight excluding hydrogens is 384 g/mol. The van der Waals surface area contributed by atoms with Crippen molar-refractivity contribution in [3.8, 4) is 5.75 Å². The highest BCUT2D eigenvalue weighted by Crippen LogP contribution is 2.19. The number of hydrogen-bond acceptors (Lipinski definition) is 4. The van der Waals surface area contributed by atoms with Gasteiger partial charge in [0.25, 0.3) is 0 Å². The molecule has 0 amide bonds. The third-order valence-electron chi connectivity index (χ3n) is 4.13. The zero-order chi connectivity index (χ0) is 17.9. The van der Waals surface area contributed by atoms with Crippen molar-refractivity contribution >= 4 is 32.9 Å². The van der Waals surface area contributed by atoms with Gasteiger partial charge in [-0.25, -0.2) is 0 Å². The molecule has 0 unspecified atom stereocenters. The molecule has 1 aromatic heterocycles. The summed E-state index contributed by atoms with van der Waals surface area (Å²) >= 11 is 3.44. The molecule has 0 saturated carbocycles. The molecule has 0 fully saturated rings. The number of carbonyl (C=O) groups excluding carboxylic acids is 1. The van der Waals surface area contributed by atoms with Gasteiger partial charge in [0.15, 0.2) is 5.43 Å². The summed E-state index contributed by atoms with van der Waals surface area (Å²) in [6, 6.07) is 6.21. The second kappa shape index (κ2) is 11.1. The van der Waals surface area contributed by atoms with Gasteiger partial charge in [0.05, 0.1) is 11.6 Å². The first-order chi connectivity index (χ1) is 12.2. The highest BCUT2D eigenvalue weighted by molar-refractivity contribution is 9.09. The Morgan fingerprint density at radius 1 is 0.960 bits per heavy atom. The van der Waals surface area contributed by atoms with Gasteiger partial charge in [-0.15, -0.1) is 0 Å². The zero-order valence-corrected chi connectivity index (χ0v) is 16.1. The fourth-order valence-electron chi connectivity index (χ4n) is 2.73. The average molecular weight is 409 g/mol. The van der Waals surface area contributed by atoms with Crippen LogP contribution in [0.2, 0.25) is 0 Å². The number of alkyl halides is 1. The van der Waals surface area contributed by atoms with E-state index in [0.29, 0.717) is 23.1 Å². The van der Waals surface area contributed by atoms with Gasteiger partial charge in [0.1, 0.15) is 11.3 Å². The van der Waals surface area contributed by atoms with E-state index in [1.807, 2.05) is 0 Å². The first kappa shape index (κ1) is 19.7. The van der Waals surface area contributed by atoms with Crippen molar-refractivity contribution < 1.29 is 13.9 Å². The summed E-state index contributed by atoms with van der Waals surface area (Å²) in [7, 11) is 0. The highest BCUT2D eigenvalue weighted by Gasteiger charge is 2.07. The largest absolute Gasteiger partial charge is 0.464 e. The summed E-state index contributed by atoms with van der Waals surface area (Å²) < 4.78 is 10.6. The summed E-state index contributed by atoms with van der Waals surface area (Å²) in [6.45, 7) is 0. The van der Waals surface area contributed by atoms with Gasteiger partial charge >= 0.3 is 5.97 Å². The number of unbranched alkanes of at least 4 members (excludes halogenated alkanes) is 7. The zero-order valence-electron chi connectivity index (χ0n) is 14.5. The van der Waals surface area contributed by atoms with Gasteiger partial charge in [-0.05, 0) is 25.0 Å². The van der Waals surface area contributed by atoms with Crippen LogP contribution in [0.3, 0.4) is 0 Å². The number of fused-ring (bicyclic) bond motifs is 1. The lowest BCUT2D eigenvalue weighted by molar-refractivity contribution is -0.134. The molecule has 136 valence electrons. The monoisotopic (exact) mass is 408 g/mol. The van der Waals surface area contributed by atoms with Crippen molar-refractivity contribution in [3.05, 3.63) is 40.8 Å². The normalized spacial score (nSPS) is 10.9. The van der Waals surface area contributed by atoms with E-state index in [-0.39, 0.29) is 11.4 Å². The Kier molecular flexibility index (Phi) is 8.73. The van der Waals surface area contributed by atoms with Gasteiger partial charge in [-0.1, -0.05) is 54.5 Å². The molecule has 0 saturated heterocycles. The molecule has 2 aromatic rings. The van der Waals surface area contributed by atoms with Crippen LogP contribution >= 0.6 is 15.9 Å². The molecule has 0 N–H and O–H groups in total. The third-order valence-corrected chi connectivity index (χ3v) is 4.69. The number of rotatable bonds is 11. The SMILES string of the molecule is O=C(CCCCCCCCCCBr)Oc1ccc2c(=O)ccoc2c1. The first-order valence-electron chi connectivity index (χ1n) is 8.99. The minimum atomic E-state index is -0.241. The smallest absolute Gasteiger partial charge is 0.311 e. The number of benzene rings is 1. The summed E-state index contributed by atoms with van der Waals surface area (Å²) in [5, 5.41) is 1.58. The molecule has 1 aromatic carbocycles. The Labute approximate surface area is 156 Å². The Hall–Kier alpha value is -1.62. The van der Waals surface area contributed by atoms with Crippen LogP contribution in [0.4, 0.5) is 0 Å². The minimum absolute atomic E-state index is 0.105. The maximum atomic E-state index is 11.9. The third kappa shape index (κ3) is 7.02. The fourth-order valence-corrected chi connectivity index (χ4v) is 3.13. The second-order valence-electron chi connectivity index (χ2n) is 6.18. The van der Waals surface area contributed by atoms with E-state index < -0.39 is 0 Å². The number of halogens is 1. The molecule has 0 spiro atoms. The van der Waals surface area contributed by atoms with Crippen LogP contribution in [0.25, 0.3) is 11.0 Å². The number of esters is 1. The van der Waals surface area contributed by atoms with Crippen molar-refractivity contribution in [1.82, 2.24) is 0 Å². The van der Waals surface area contributed by atoms with Crippen molar-refractivity contribution in [1.29, 1.82) is 0 Å². The van der Waals surface area contributed by atoms with Gasteiger partial charge in [-0.2, -0.15) is 0 Å². The average Bonchev–Trinajstić information content (AvgIpc) is 2.60. The van der Waals surface area contributed by atoms with Crippen LogP contribution in [0.5, 0.6) is 5.75 Å². The van der Waals surface area contributed by atoms with Crippen LogP contribution < -0.4 is 10.2 Å². The van der Waals surface area contributed by atoms with Crippen molar-refractivity contribution in [2.24, 2.45) is 0 Å². The fraction of sp³-hybridized carbons (Fsp3) is 0.500. The van der Waals surface area contributed by atoms with Crippen LogP contribution in [0.1, 0.15) is 57.8 Å². The van der Waals surface area contributed by atoms with E-state index >= 15 is 0 Å². The molecule has 1 heterocycles. The molecule has 0 radical (unpaired) electrons. The maximum Gasteiger partial charge on any atom is 0.311 e. The van der Waals surface area contributed by atoms with Crippen LogP contribution in [0, 0.1) is 0 Å². The molecule has 0 atom stereocenters. The Morgan fingerprint density at radius 2 is 1.64 bits per heavy atom. The summed E-state index contributed by atoms with van der Waals surface area (Å²) in [6.07, 6.45) is 11.2. The summed E-state index contributed by atoms with van der Waals surface area (Å²) in [5.41, 5.74) is 0.323. The van der Waals surface area contributed by atoms with E-state index in [1.54, 1.807) is 18.2 Å². The first-order valence-corrected chi connectivity index (χ1v) is 10.1. The molecule has 5 heteroatoms. The topological polar surface area (TPSA) is 56.5 Å². The van der Waals surface area contributed by atoms with E-state index in [1.165, 1.54) is 50.9 Å². The Morgan fingerprint density at radius 3 is 2.36 bits per heavy atom. The molecule has 25 heavy (non-hydrogen) atoms. The lowest BCUT2D eigenvalue weighted by Crippen LogP contribution is -2.07. The molecule has 0 aliphatic rings. The van der Waals surface area contributed by atoms with Gasteiger partial charge in [0, 0.05) is 23.9 Å². The standard InChI is InChI=1S/C20H25BrO4/c21-13-8-6-4-2-1-3-5-7-9-20(23)25-16-10-11-17-18(22)12-14-24-19(17)15-16/h10-12,14-15H,1-9,13H2. The van der Waals surface area contributed by atoms with E-state index in [9.17, 15) is 9.59 Å². The minimum Gasteiger partial charge on any atom is -0.464 e. The van der Waals surface area contributed by atoms with Gasteiger partial charge in [0.2, 0.25) is 0 Å². The Bertz CT molecular complexity index is 723. The number of ether oxygens (including phenoxy) is 1. The molecule has 0 aliphatic heterocycles. The summed E-state index contributed by atoms with van der Waals surface area (Å²) in [4.78, 5) is 23.5. The lowest BCUT2D eigenvalue weighted by Gasteiger charge is -2.05. The van der Waals surface area contributed by atoms with Crippen molar-refractivity contribution in [3.63, 3.8) is 0 Å². The van der Waals surface area contributed by atoms with Gasteiger partial charge < -0.3 is 9.15 Å². The van der Waals surface area contributed by atoms with Crippen LogP contribution in [0.15, 0.2) is 39.7 Å². The predicted molar refractivity (Wildman–Crippen MR) is 103 cm³/mol. The highest BCUT2D eigenvalue weighted by atomic mass is 79.9. The van der Waals surface area contributed by atoms with Crippen molar-refractivity contribution in [2.75, 3.05) is 5.33 Å². The molecular formula is C20H25BrO4. The molecule has 0 aliphatic carbocycles. The molecule has 4 nitrogen and oxygen atoms in total. The van der Waals surface area contributed by atoms with Crippen molar-refractivity contribution in [2.45, 2.75) is 57.8 Å².